The molecule has 0 heterocycles. The fourth-order valence-electron chi connectivity index (χ4n) is 1.40. The van der Waals surface area contributed by atoms with E-state index in [1.54, 1.807) is 6.92 Å². The van der Waals surface area contributed by atoms with Gasteiger partial charge in [0.15, 0.2) is 0 Å². The van der Waals surface area contributed by atoms with Crippen LogP contribution in [0.1, 0.15) is 15.9 Å². The molecule has 1 unspecified atom stereocenters. The molecule has 0 radical (unpaired) electrons. The van der Waals surface area contributed by atoms with Gasteiger partial charge in [0, 0.05) is 45.6 Å². The number of hydrogen-bond acceptors (Lipinski definition) is 4. The van der Waals surface area contributed by atoms with Crippen LogP contribution in [0.2, 0.25) is 0 Å². The summed E-state index contributed by atoms with van der Waals surface area (Å²) in [5.74, 6) is -0.0664. The number of halogens is 1. The molecular formula is C11H14ClNO4S2. The average Bonchev–Trinajstić information content (AvgIpc) is 2.27. The van der Waals surface area contributed by atoms with E-state index in [2.05, 4.69) is 5.32 Å². The van der Waals surface area contributed by atoms with Crippen LogP contribution in [0.3, 0.4) is 0 Å². The Balaban J connectivity index is 2.93. The fourth-order valence-corrected chi connectivity index (χ4v) is 2.57. The second-order valence-electron chi connectivity index (χ2n) is 3.95. The van der Waals surface area contributed by atoms with Crippen molar-refractivity contribution < 1.29 is 17.4 Å². The minimum absolute atomic E-state index is 0.121. The summed E-state index contributed by atoms with van der Waals surface area (Å²) in [7, 11) is 0.374. The summed E-state index contributed by atoms with van der Waals surface area (Å²) < 4.78 is 33.3. The smallest absolute Gasteiger partial charge is 0.261 e. The molecule has 0 aromatic heterocycles. The molecule has 0 saturated heterocycles. The van der Waals surface area contributed by atoms with Gasteiger partial charge in [-0.1, -0.05) is 6.07 Å². The standard InChI is InChI=1S/C11H14ClNO4S2/c1-8-3-4-9(19(12,16)17)7-10(8)11(14)13-5-6-18(2)15/h3-4,7H,5-6H2,1-2H3,(H,13,14). The average molecular weight is 324 g/mol. The molecule has 1 N–H and O–H groups in total. The van der Waals surface area contributed by atoms with Crippen molar-refractivity contribution in [1.82, 2.24) is 5.32 Å². The van der Waals surface area contributed by atoms with Gasteiger partial charge in [-0.3, -0.25) is 9.00 Å². The van der Waals surface area contributed by atoms with Gasteiger partial charge in [0.2, 0.25) is 0 Å². The van der Waals surface area contributed by atoms with Crippen molar-refractivity contribution in [3.8, 4) is 0 Å². The van der Waals surface area contributed by atoms with Crippen molar-refractivity contribution >= 4 is 36.4 Å². The van der Waals surface area contributed by atoms with Crippen molar-refractivity contribution in [2.24, 2.45) is 0 Å². The van der Waals surface area contributed by atoms with E-state index in [0.29, 0.717) is 11.3 Å². The Morgan fingerprint density at radius 3 is 2.58 bits per heavy atom. The van der Waals surface area contributed by atoms with Crippen LogP contribution in [0.4, 0.5) is 0 Å². The van der Waals surface area contributed by atoms with Crippen molar-refractivity contribution in [2.75, 3.05) is 18.6 Å². The lowest BCUT2D eigenvalue weighted by Gasteiger charge is -2.08. The van der Waals surface area contributed by atoms with E-state index in [9.17, 15) is 17.4 Å². The van der Waals surface area contributed by atoms with Gasteiger partial charge in [-0.25, -0.2) is 8.42 Å². The molecule has 106 valence electrons. The maximum atomic E-state index is 11.9. The lowest BCUT2D eigenvalue weighted by molar-refractivity contribution is 0.0955. The largest absolute Gasteiger partial charge is 0.351 e. The first-order valence-corrected chi connectivity index (χ1v) is 9.39. The molecule has 1 rings (SSSR count). The van der Waals surface area contributed by atoms with Crippen LogP contribution in [0, 0.1) is 6.92 Å². The number of carbonyl (C=O) groups is 1. The highest BCUT2D eigenvalue weighted by atomic mass is 35.7. The summed E-state index contributed by atoms with van der Waals surface area (Å²) in [5.41, 5.74) is 0.878. The highest BCUT2D eigenvalue weighted by Crippen LogP contribution is 2.19. The predicted octanol–water partition coefficient (Wildman–Crippen LogP) is 1.03. The van der Waals surface area contributed by atoms with Crippen LogP contribution < -0.4 is 5.32 Å². The van der Waals surface area contributed by atoms with E-state index < -0.39 is 25.8 Å². The fraction of sp³-hybridized carbons (Fsp3) is 0.364. The quantitative estimate of drug-likeness (QED) is 0.821. The van der Waals surface area contributed by atoms with Gasteiger partial charge in [-0.2, -0.15) is 0 Å². The minimum atomic E-state index is -3.87. The van der Waals surface area contributed by atoms with Crippen LogP contribution in [-0.4, -0.2) is 37.1 Å². The monoisotopic (exact) mass is 323 g/mol. The van der Waals surface area contributed by atoms with Gasteiger partial charge < -0.3 is 5.32 Å². The van der Waals surface area contributed by atoms with Gasteiger partial charge >= 0.3 is 0 Å². The Morgan fingerprint density at radius 2 is 2.05 bits per heavy atom. The molecule has 1 atom stereocenters. The molecule has 0 bridgehead atoms. The highest BCUT2D eigenvalue weighted by molar-refractivity contribution is 8.13. The van der Waals surface area contributed by atoms with E-state index in [4.69, 9.17) is 10.7 Å². The third-order valence-corrected chi connectivity index (χ3v) is 4.54. The molecule has 19 heavy (non-hydrogen) atoms. The number of aryl methyl sites for hydroxylation is 1. The molecule has 1 amide bonds. The normalized spacial score (nSPS) is 13.0. The van der Waals surface area contributed by atoms with E-state index in [0.717, 1.165) is 0 Å². The molecule has 0 saturated carbocycles. The molecule has 1 aromatic rings. The molecular weight excluding hydrogens is 310 g/mol. The molecule has 0 spiro atoms. The van der Waals surface area contributed by atoms with Gasteiger partial charge in [-0.15, -0.1) is 0 Å². The van der Waals surface area contributed by atoms with E-state index in [1.807, 2.05) is 0 Å². The molecule has 1 aromatic carbocycles. The Labute approximate surface area is 119 Å². The third kappa shape index (κ3) is 4.93. The Bertz CT molecular complexity index is 613. The summed E-state index contributed by atoms with van der Waals surface area (Å²) in [6.45, 7) is 1.96. The van der Waals surface area contributed by atoms with Gasteiger partial charge in [0.05, 0.1) is 4.90 Å². The van der Waals surface area contributed by atoms with Crippen molar-refractivity contribution in [1.29, 1.82) is 0 Å². The van der Waals surface area contributed by atoms with E-state index in [-0.39, 0.29) is 17.0 Å². The van der Waals surface area contributed by atoms with Crippen LogP contribution in [-0.2, 0) is 19.9 Å². The summed E-state index contributed by atoms with van der Waals surface area (Å²) >= 11 is 0. The highest BCUT2D eigenvalue weighted by Gasteiger charge is 2.15. The van der Waals surface area contributed by atoms with Crippen LogP contribution >= 0.6 is 10.7 Å². The SMILES string of the molecule is Cc1ccc(S(=O)(=O)Cl)cc1C(=O)NCCS(C)=O. The number of benzene rings is 1. The molecule has 8 heteroatoms. The predicted molar refractivity (Wildman–Crippen MR) is 75.5 cm³/mol. The zero-order valence-corrected chi connectivity index (χ0v) is 12.9. The second-order valence-corrected chi connectivity index (χ2v) is 8.07. The van der Waals surface area contributed by atoms with Crippen molar-refractivity contribution in [3.63, 3.8) is 0 Å². The Hall–Kier alpha value is -0.920. The second kappa shape index (κ2) is 6.49. The number of amides is 1. The summed E-state index contributed by atoms with van der Waals surface area (Å²) in [4.78, 5) is 11.8. The van der Waals surface area contributed by atoms with Crippen LogP contribution in [0.25, 0.3) is 0 Å². The van der Waals surface area contributed by atoms with Crippen molar-refractivity contribution in [3.05, 3.63) is 29.3 Å². The number of carbonyl (C=O) groups excluding carboxylic acids is 1. The minimum Gasteiger partial charge on any atom is -0.351 e. The van der Waals surface area contributed by atoms with Crippen molar-refractivity contribution in [2.45, 2.75) is 11.8 Å². The maximum Gasteiger partial charge on any atom is 0.261 e. The molecule has 5 nitrogen and oxygen atoms in total. The lowest BCUT2D eigenvalue weighted by atomic mass is 10.1. The molecule has 0 fully saturated rings. The topological polar surface area (TPSA) is 80.3 Å². The third-order valence-electron chi connectivity index (χ3n) is 2.41. The number of nitrogens with one attached hydrogen (secondary N) is 1. The Morgan fingerprint density at radius 1 is 1.42 bits per heavy atom. The molecule has 0 aliphatic rings. The zero-order chi connectivity index (χ0) is 14.6. The van der Waals surface area contributed by atoms with Crippen LogP contribution in [0.5, 0.6) is 0 Å². The van der Waals surface area contributed by atoms with Crippen LogP contribution in [0.15, 0.2) is 23.1 Å². The van der Waals surface area contributed by atoms with E-state index in [1.165, 1.54) is 24.5 Å². The lowest BCUT2D eigenvalue weighted by Crippen LogP contribution is -2.28. The molecule has 0 aliphatic carbocycles. The summed E-state index contributed by atoms with van der Waals surface area (Å²) in [5, 5.41) is 2.58. The first-order chi connectivity index (χ1) is 8.71. The maximum absolute atomic E-state index is 11.9. The van der Waals surface area contributed by atoms with E-state index >= 15 is 0 Å². The summed E-state index contributed by atoms with van der Waals surface area (Å²) in [6, 6.07) is 4.09. The zero-order valence-electron chi connectivity index (χ0n) is 10.5. The van der Waals surface area contributed by atoms with Gasteiger partial charge in [0.1, 0.15) is 0 Å². The number of rotatable bonds is 5. The first kappa shape index (κ1) is 16.1. The number of hydrogen-bond donors (Lipinski definition) is 1. The van der Waals surface area contributed by atoms with Gasteiger partial charge in [-0.05, 0) is 24.6 Å². The first-order valence-electron chi connectivity index (χ1n) is 5.35. The Kier molecular flexibility index (Phi) is 5.51. The van der Waals surface area contributed by atoms with Gasteiger partial charge in [0.25, 0.3) is 15.0 Å². The molecule has 0 aliphatic heterocycles. The summed E-state index contributed by atoms with van der Waals surface area (Å²) in [6.07, 6.45) is 1.54.